The second-order valence-corrected chi connectivity index (χ2v) is 13.4. The second kappa shape index (κ2) is 11.5. The summed E-state index contributed by atoms with van der Waals surface area (Å²) in [4.78, 5) is 10.2. The van der Waals surface area contributed by atoms with E-state index in [9.17, 15) is 0 Å². The highest BCUT2D eigenvalue weighted by molar-refractivity contribution is 6.04. The summed E-state index contributed by atoms with van der Waals surface area (Å²) in [6.07, 6.45) is 0. The molecule has 0 N–H and O–H groups in total. The van der Waals surface area contributed by atoms with Crippen LogP contribution in [0.5, 0.6) is 0 Å². The van der Waals surface area contributed by atoms with Gasteiger partial charge in [0.1, 0.15) is 0 Å². The van der Waals surface area contributed by atoms with Crippen LogP contribution in [-0.2, 0) is 5.41 Å². The molecule has 0 aliphatic heterocycles. The van der Waals surface area contributed by atoms with E-state index in [1.807, 2.05) is 18.2 Å². The molecule has 0 saturated heterocycles. The van der Waals surface area contributed by atoms with Crippen LogP contribution in [0.3, 0.4) is 0 Å². The van der Waals surface area contributed by atoms with Crippen LogP contribution in [0.1, 0.15) is 25.0 Å². The minimum absolute atomic E-state index is 0.0928. The molecule has 7 aromatic carbocycles. The van der Waals surface area contributed by atoms with Gasteiger partial charge < -0.3 is 0 Å². The molecular formula is C47H34N2. The van der Waals surface area contributed by atoms with Crippen LogP contribution in [0.4, 0.5) is 0 Å². The van der Waals surface area contributed by atoms with Gasteiger partial charge >= 0.3 is 0 Å². The van der Waals surface area contributed by atoms with Crippen LogP contribution < -0.4 is 0 Å². The van der Waals surface area contributed by atoms with Crippen molar-refractivity contribution in [2.75, 3.05) is 0 Å². The monoisotopic (exact) mass is 626 g/mol. The Bertz CT molecular complexity index is 2490. The lowest BCUT2D eigenvalue weighted by Crippen LogP contribution is -2.15. The van der Waals surface area contributed by atoms with E-state index in [2.05, 4.69) is 166 Å². The first-order valence-corrected chi connectivity index (χ1v) is 16.9. The summed E-state index contributed by atoms with van der Waals surface area (Å²) in [6.45, 7) is 4.73. The molecule has 0 bridgehead atoms. The average Bonchev–Trinajstić information content (AvgIpc) is 3.42. The van der Waals surface area contributed by atoms with Crippen molar-refractivity contribution < 1.29 is 0 Å². The number of aromatic nitrogens is 2. The van der Waals surface area contributed by atoms with E-state index >= 15 is 0 Å². The molecule has 0 saturated carbocycles. The molecule has 1 aromatic heterocycles. The van der Waals surface area contributed by atoms with Gasteiger partial charge in [0.25, 0.3) is 0 Å². The van der Waals surface area contributed by atoms with Crippen LogP contribution in [0, 0.1) is 0 Å². The maximum atomic E-state index is 5.12. The first-order valence-electron chi connectivity index (χ1n) is 16.9. The Morgan fingerprint density at radius 1 is 0.408 bits per heavy atom. The average molecular weight is 627 g/mol. The summed E-state index contributed by atoms with van der Waals surface area (Å²) in [6, 6.07) is 60.5. The van der Waals surface area contributed by atoms with Gasteiger partial charge in [-0.1, -0.05) is 166 Å². The van der Waals surface area contributed by atoms with E-state index in [4.69, 9.17) is 9.97 Å². The van der Waals surface area contributed by atoms with Crippen LogP contribution in [0.25, 0.3) is 78.1 Å². The zero-order valence-electron chi connectivity index (χ0n) is 27.6. The van der Waals surface area contributed by atoms with E-state index < -0.39 is 0 Å². The van der Waals surface area contributed by atoms with E-state index in [1.165, 1.54) is 49.7 Å². The maximum absolute atomic E-state index is 5.12. The molecule has 0 unspecified atom stereocenters. The number of fused-ring (bicyclic) bond motifs is 5. The van der Waals surface area contributed by atoms with Crippen molar-refractivity contribution >= 4 is 10.8 Å². The molecule has 232 valence electrons. The lowest BCUT2D eigenvalue weighted by Gasteiger charge is -2.24. The fourth-order valence-electron chi connectivity index (χ4n) is 7.65. The second-order valence-electron chi connectivity index (χ2n) is 13.4. The van der Waals surface area contributed by atoms with Crippen molar-refractivity contribution in [2.45, 2.75) is 19.3 Å². The molecule has 2 heteroatoms. The van der Waals surface area contributed by atoms with Crippen molar-refractivity contribution in [1.82, 2.24) is 9.97 Å². The lowest BCUT2D eigenvalue weighted by atomic mass is 9.79. The summed E-state index contributed by atoms with van der Waals surface area (Å²) >= 11 is 0. The fourth-order valence-corrected chi connectivity index (χ4v) is 7.65. The topological polar surface area (TPSA) is 25.8 Å². The van der Waals surface area contributed by atoms with Gasteiger partial charge in [-0.25, -0.2) is 9.97 Å². The highest BCUT2D eigenvalue weighted by Crippen LogP contribution is 2.54. The van der Waals surface area contributed by atoms with Crippen molar-refractivity contribution in [3.8, 4) is 67.3 Å². The van der Waals surface area contributed by atoms with Gasteiger partial charge in [-0.05, 0) is 73.5 Å². The Morgan fingerprint density at radius 3 is 1.78 bits per heavy atom. The smallest absolute Gasteiger partial charge is 0.160 e. The minimum atomic E-state index is -0.0928. The van der Waals surface area contributed by atoms with Crippen molar-refractivity contribution in [3.63, 3.8) is 0 Å². The van der Waals surface area contributed by atoms with Gasteiger partial charge in [-0.2, -0.15) is 0 Å². The Labute approximate surface area is 287 Å². The molecule has 0 fully saturated rings. The molecule has 1 aliphatic rings. The van der Waals surface area contributed by atoms with Crippen LogP contribution in [-0.4, -0.2) is 9.97 Å². The Hall–Kier alpha value is -6.12. The number of hydrogen-bond donors (Lipinski definition) is 0. The summed E-state index contributed by atoms with van der Waals surface area (Å²) in [7, 11) is 0. The highest BCUT2D eigenvalue weighted by atomic mass is 14.9. The van der Waals surface area contributed by atoms with E-state index in [0.717, 1.165) is 33.6 Å². The zero-order valence-corrected chi connectivity index (χ0v) is 27.6. The minimum Gasteiger partial charge on any atom is -0.228 e. The van der Waals surface area contributed by atoms with Crippen LogP contribution in [0.2, 0.25) is 0 Å². The maximum Gasteiger partial charge on any atom is 0.160 e. The Balaban J connectivity index is 1.18. The molecule has 8 aromatic rings. The van der Waals surface area contributed by atoms with E-state index in [-0.39, 0.29) is 5.41 Å². The third-order valence-corrected chi connectivity index (χ3v) is 10.1. The quantitative estimate of drug-likeness (QED) is 0.190. The standard InChI is InChI=1S/C47H34N2/c1-47(2)41-23-12-11-22-39(41)44-40(29-36-18-9-10-21-38(36)45(44)47)32-24-26-33(27-25-32)42-30-43(49-46(48-42)34-16-7-4-8-17-34)37-20-13-19-35(28-37)31-14-5-3-6-15-31/h3-30H,1-2H3. The Kier molecular flexibility index (Phi) is 6.84. The zero-order chi connectivity index (χ0) is 33.0. The van der Waals surface area contributed by atoms with Gasteiger partial charge in [0, 0.05) is 22.1 Å². The van der Waals surface area contributed by atoms with Crippen molar-refractivity contribution in [2.24, 2.45) is 0 Å². The largest absolute Gasteiger partial charge is 0.228 e. The van der Waals surface area contributed by atoms with Crippen LogP contribution in [0.15, 0.2) is 170 Å². The number of hydrogen-bond acceptors (Lipinski definition) is 2. The number of benzene rings is 7. The molecule has 2 nitrogen and oxygen atoms in total. The first kappa shape index (κ1) is 29.1. The van der Waals surface area contributed by atoms with Gasteiger partial charge in [0.2, 0.25) is 0 Å². The number of rotatable bonds is 5. The molecule has 49 heavy (non-hydrogen) atoms. The molecule has 0 spiro atoms. The van der Waals surface area contributed by atoms with Crippen LogP contribution >= 0.6 is 0 Å². The van der Waals surface area contributed by atoms with Crippen molar-refractivity contribution in [3.05, 3.63) is 181 Å². The van der Waals surface area contributed by atoms with Gasteiger partial charge in [0.15, 0.2) is 5.82 Å². The fraction of sp³-hybridized carbons (Fsp3) is 0.0638. The molecule has 0 atom stereocenters. The summed E-state index contributed by atoms with van der Waals surface area (Å²) in [5.41, 5.74) is 15.1. The molecule has 1 aliphatic carbocycles. The lowest BCUT2D eigenvalue weighted by molar-refractivity contribution is 0.666. The highest BCUT2D eigenvalue weighted by Gasteiger charge is 2.38. The molecular weight excluding hydrogens is 593 g/mol. The predicted octanol–water partition coefficient (Wildman–Crippen LogP) is 12.3. The van der Waals surface area contributed by atoms with Crippen molar-refractivity contribution in [1.29, 1.82) is 0 Å². The van der Waals surface area contributed by atoms with Gasteiger partial charge in [-0.15, -0.1) is 0 Å². The molecule has 1 heterocycles. The molecule has 0 radical (unpaired) electrons. The predicted molar refractivity (Wildman–Crippen MR) is 204 cm³/mol. The first-order chi connectivity index (χ1) is 24.0. The van der Waals surface area contributed by atoms with E-state index in [1.54, 1.807) is 0 Å². The molecule has 0 amide bonds. The summed E-state index contributed by atoms with van der Waals surface area (Å²) < 4.78 is 0. The third-order valence-electron chi connectivity index (χ3n) is 10.1. The van der Waals surface area contributed by atoms with E-state index in [0.29, 0.717) is 5.82 Å². The Morgan fingerprint density at radius 2 is 1.00 bits per heavy atom. The summed E-state index contributed by atoms with van der Waals surface area (Å²) in [5, 5.41) is 2.60. The normalized spacial score (nSPS) is 12.9. The van der Waals surface area contributed by atoms with Gasteiger partial charge in [0.05, 0.1) is 11.4 Å². The summed E-state index contributed by atoms with van der Waals surface area (Å²) in [5.74, 6) is 0.716. The third kappa shape index (κ3) is 4.96. The SMILES string of the molecule is CC1(C)c2ccccc2-c2c(-c3ccc(-c4cc(-c5cccc(-c6ccccc6)c5)nc(-c5ccccc5)n4)cc3)cc3ccccc3c21. The van der Waals surface area contributed by atoms with Gasteiger partial charge in [-0.3, -0.25) is 0 Å². The molecule has 9 rings (SSSR count). The number of nitrogens with zero attached hydrogens (tertiary/aromatic N) is 2.